The Hall–Kier alpha value is -2.03. The Balaban J connectivity index is 2.34. The number of nitrogens with zero attached hydrogens (tertiary/aromatic N) is 4. The van der Waals surface area contributed by atoms with Crippen LogP contribution in [0.3, 0.4) is 0 Å². The molecule has 0 N–H and O–H groups in total. The molecule has 2 aromatic heterocycles. The Bertz CT molecular complexity index is 762. The molecule has 0 amide bonds. The first-order valence-corrected chi connectivity index (χ1v) is 7.08. The minimum atomic E-state index is -2.61. The van der Waals surface area contributed by atoms with Crippen molar-refractivity contribution >= 4 is 28.3 Å². The molecule has 23 heavy (non-hydrogen) atoms. The maximum Gasteiger partial charge on any atom is 0.318 e. The summed E-state index contributed by atoms with van der Waals surface area (Å²) >= 11 is 5.75. The molecule has 3 rings (SSSR count). The third-order valence-electron chi connectivity index (χ3n) is 3.45. The zero-order valence-corrected chi connectivity index (χ0v) is 12.9. The van der Waals surface area contributed by atoms with E-state index in [2.05, 4.69) is 15.0 Å². The van der Waals surface area contributed by atoms with Gasteiger partial charge in [0.25, 0.3) is 6.43 Å². The van der Waals surface area contributed by atoms with E-state index in [0.717, 1.165) is 0 Å². The van der Waals surface area contributed by atoms with Crippen LogP contribution >= 0.6 is 11.6 Å². The third-order valence-corrected chi connectivity index (χ3v) is 3.71. The van der Waals surface area contributed by atoms with Crippen LogP contribution in [-0.2, 0) is 0 Å². The molecule has 0 spiro atoms. The molecule has 6 nitrogen and oxygen atoms in total. The number of halogens is 4. The average Bonchev–Trinajstić information content (AvgIpc) is 2.64. The molecule has 0 aliphatic carbocycles. The highest BCUT2D eigenvalue weighted by Crippen LogP contribution is 2.39. The minimum absolute atomic E-state index is 0.00710. The van der Waals surface area contributed by atoms with Crippen LogP contribution < -0.4 is 14.4 Å². The van der Waals surface area contributed by atoms with Gasteiger partial charge in [0.05, 0.1) is 19.7 Å². The second-order valence-corrected chi connectivity index (χ2v) is 5.34. The summed E-state index contributed by atoms with van der Waals surface area (Å²) in [6.07, 6.45) is -2.61. The van der Waals surface area contributed by atoms with Crippen molar-refractivity contribution in [3.63, 3.8) is 0 Å². The Labute approximate surface area is 134 Å². The van der Waals surface area contributed by atoms with Crippen LogP contribution in [0.15, 0.2) is 0 Å². The van der Waals surface area contributed by atoms with Crippen LogP contribution in [0.25, 0.3) is 10.9 Å². The van der Waals surface area contributed by atoms with Crippen LogP contribution in [0, 0.1) is 5.82 Å². The highest BCUT2D eigenvalue weighted by molar-refractivity contribution is 6.30. The lowest BCUT2D eigenvalue weighted by Crippen LogP contribution is -2.40. The second-order valence-electron chi connectivity index (χ2n) is 4.98. The van der Waals surface area contributed by atoms with Gasteiger partial charge in [-0.15, -0.1) is 0 Å². The fourth-order valence-electron chi connectivity index (χ4n) is 2.39. The number of hydrogen-bond donors (Lipinski definition) is 0. The van der Waals surface area contributed by atoms with E-state index in [0.29, 0.717) is 0 Å². The predicted octanol–water partition coefficient (Wildman–Crippen LogP) is 2.68. The number of hydrogen-bond acceptors (Lipinski definition) is 6. The zero-order valence-electron chi connectivity index (χ0n) is 12.2. The van der Waals surface area contributed by atoms with Gasteiger partial charge in [-0.2, -0.15) is 15.0 Å². The lowest BCUT2D eigenvalue weighted by molar-refractivity contribution is 0.149. The molecule has 1 atom stereocenters. The van der Waals surface area contributed by atoms with Gasteiger partial charge in [0.1, 0.15) is 23.3 Å². The largest absolute Gasteiger partial charge is 0.475 e. The van der Waals surface area contributed by atoms with Gasteiger partial charge in [0.2, 0.25) is 5.88 Å². The first-order valence-electron chi connectivity index (χ1n) is 6.70. The Morgan fingerprint density at radius 2 is 2.13 bits per heavy atom. The molecule has 0 fully saturated rings. The van der Waals surface area contributed by atoms with E-state index in [9.17, 15) is 13.2 Å². The van der Waals surface area contributed by atoms with Gasteiger partial charge in [-0.25, -0.2) is 13.2 Å². The van der Waals surface area contributed by atoms with E-state index in [4.69, 9.17) is 21.1 Å². The Kier molecular flexibility index (Phi) is 4.05. The number of rotatable bonds is 3. The lowest BCUT2D eigenvalue weighted by Gasteiger charge is -2.28. The van der Waals surface area contributed by atoms with Crippen LogP contribution in [-0.4, -0.2) is 47.7 Å². The fraction of sp³-hybridized carbons (Fsp3) is 0.462. The number of aromatic nitrogens is 3. The quantitative estimate of drug-likeness (QED) is 0.795. The fourth-order valence-corrected chi connectivity index (χ4v) is 2.56. The predicted molar refractivity (Wildman–Crippen MR) is 77.2 cm³/mol. The number of ether oxygens (including phenoxy) is 2. The van der Waals surface area contributed by atoms with Gasteiger partial charge in [0.15, 0.2) is 11.0 Å². The first kappa shape index (κ1) is 15.9. The molecule has 0 unspecified atom stereocenters. The van der Waals surface area contributed by atoms with Crippen molar-refractivity contribution < 1.29 is 22.6 Å². The molecule has 124 valence electrons. The Morgan fingerprint density at radius 1 is 1.39 bits per heavy atom. The van der Waals surface area contributed by atoms with Crippen molar-refractivity contribution in [2.75, 3.05) is 25.2 Å². The van der Waals surface area contributed by atoms with Crippen LogP contribution in [0.4, 0.5) is 19.0 Å². The monoisotopic (exact) mass is 348 g/mol. The SMILES string of the molecule is COc1nc2c3c(nc(Cl)c(F)c3n1)OC[C@H](C)N2CC(F)F. The zero-order chi connectivity index (χ0) is 16.7. The number of alkyl halides is 2. The molecule has 10 heteroatoms. The summed E-state index contributed by atoms with van der Waals surface area (Å²) in [5.41, 5.74) is -0.185. The van der Waals surface area contributed by atoms with E-state index >= 15 is 0 Å². The van der Waals surface area contributed by atoms with Gasteiger partial charge >= 0.3 is 6.01 Å². The highest BCUT2D eigenvalue weighted by atomic mass is 35.5. The van der Waals surface area contributed by atoms with E-state index in [1.54, 1.807) is 6.92 Å². The normalized spacial score (nSPS) is 17.3. The summed E-state index contributed by atoms with van der Waals surface area (Å²) in [7, 11) is 1.30. The number of anilines is 1. The topological polar surface area (TPSA) is 60.4 Å². The van der Waals surface area contributed by atoms with Crippen molar-refractivity contribution in [1.82, 2.24) is 15.0 Å². The number of pyridine rings is 1. The Morgan fingerprint density at radius 3 is 2.78 bits per heavy atom. The van der Waals surface area contributed by atoms with Gasteiger partial charge in [-0.3, -0.25) is 0 Å². The van der Waals surface area contributed by atoms with Gasteiger partial charge in [-0.1, -0.05) is 11.6 Å². The summed E-state index contributed by atoms with van der Waals surface area (Å²) in [6.45, 7) is 1.16. The standard InChI is InChI=1S/C13H12ClF3N4O2/c1-5-4-23-12-7-9(8(17)10(14)19-12)18-13(22-2)20-11(7)21(5)3-6(15)16/h5-6H,3-4H2,1-2H3/t5-/m0/s1. The summed E-state index contributed by atoms with van der Waals surface area (Å²) in [5, 5.41) is -0.327. The van der Waals surface area contributed by atoms with Gasteiger partial charge in [-0.05, 0) is 6.92 Å². The molecular weight excluding hydrogens is 337 g/mol. The lowest BCUT2D eigenvalue weighted by atomic mass is 10.2. The van der Waals surface area contributed by atoms with E-state index in [1.165, 1.54) is 12.0 Å². The maximum absolute atomic E-state index is 14.3. The maximum atomic E-state index is 14.3. The van der Waals surface area contributed by atoms with Crippen LogP contribution in [0.1, 0.15) is 6.92 Å². The summed E-state index contributed by atoms with van der Waals surface area (Å²) < 4.78 is 50.6. The van der Waals surface area contributed by atoms with E-state index < -0.39 is 30.0 Å². The molecule has 2 aromatic rings. The van der Waals surface area contributed by atoms with Gasteiger partial charge in [0, 0.05) is 0 Å². The van der Waals surface area contributed by atoms with Gasteiger partial charge < -0.3 is 14.4 Å². The highest BCUT2D eigenvalue weighted by Gasteiger charge is 2.31. The minimum Gasteiger partial charge on any atom is -0.475 e. The summed E-state index contributed by atoms with van der Waals surface area (Å²) in [6, 6.07) is -0.601. The van der Waals surface area contributed by atoms with Crippen molar-refractivity contribution in [3.05, 3.63) is 11.0 Å². The smallest absolute Gasteiger partial charge is 0.318 e. The molecule has 0 saturated heterocycles. The molecule has 0 radical (unpaired) electrons. The third kappa shape index (κ3) is 2.69. The van der Waals surface area contributed by atoms with E-state index in [1.807, 2.05) is 0 Å². The molecule has 1 aliphatic rings. The molecule has 1 aliphatic heterocycles. The molecule has 0 aromatic carbocycles. The van der Waals surface area contributed by atoms with Crippen molar-refractivity contribution in [2.45, 2.75) is 19.4 Å². The van der Waals surface area contributed by atoms with Crippen molar-refractivity contribution in [1.29, 1.82) is 0 Å². The second kappa shape index (κ2) is 5.88. The van der Waals surface area contributed by atoms with Crippen LogP contribution in [0.5, 0.6) is 11.9 Å². The molecule has 3 heterocycles. The van der Waals surface area contributed by atoms with Crippen molar-refractivity contribution in [2.24, 2.45) is 0 Å². The molecule has 0 saturated carbocycles. The number of methoxy groups -OCH3 is 1. The van der Waals surface area contributed by atoms with E-state index in [-0.39, 0.29) is 35.2 Å². The van der Waals surface area contributed by atoms with Crippen LogP contribution in [0.2, 0.25) is 5.15 Å². The summed E-state index contributed by atoms with van der Waals surface area (Å²) in [5.74, 6) is -0.801. The van der Waals surface area contributed by atoms with Crippen molar-refractivity contribution in [3.8, 4) is 11.9 Å². The molecular formula is C13H12ClF3N4O2. The summed E-state index contributed by atoms with van der Waals surface area (Å²) in [4.78, 5) is 13.2. The molecule has 0 bridgehead atoms. The average molecular weight is 349 g/mol. The first-order chi connectivity index (χ1) is 10.9.